The number of nitrogens with one attached hydrogen (secondary N) is 1. The minimum Gasteiger partial charge on any atom is -0.352 e. The molecule has 0 atom stereocenters. The first-order valence-corrected chi connectivity index (χ1v) is 6.99. The Balaban J connectivity index is 1.74. The number of aromatic amines is 1. The molecule has 1 saturated heterocycles. The number of nitrogens with zero attached hydrogens (tertiary/aromatic N) is 2. The smallest absolute Gasteiger partial charge is 0.291 e. The Labute approximate surface area is 107 Å². The molecule has 0 unspecified atom stereocenters. The van der Waals surface area contributed by atoms with Crippen LogP contribution >= 0.6 is 0 Å². The van der Waals surface area contributed by atoms with E-state index in [9.17, 15) is 4.79 Å². The van der Waals surface area contributed by atoms with Crippen LogP contribution in [0.3, 0.4) is 0 Å². The van der Waals surface area contributed by atoms with Gasteiger partial charge in [0.15, 0.2) is 5.82 Å². The number of rotatable bonds is 1. The van der Waals surface area contributed by atoms with Gasteiger partial charge in [-0.25, -0.2) is 4.98 Å². The zero-order chi connectivity index (χ0) is 12.6. The molecule has 1 aromatic rings. The molecule has 18 heavy (non-hydrogen) atoms. The van der Waals surface area contributed by atoms with Gasteiger partial charge in [0.25, 0.3) is 5.56 Å². The standard InChI is InChI=1S/C14H21N3O/c1-11-10-15-12(13(18)16-11)17-8-6-14(7-9-17)4-2-3-5-14/h10H,2-9H2,1H3,(H,16,18). The molecule has 2 heterocycles. The molecule has 0 bridgehead atoms. The van der Waals surface area contributed by atoms with Gasteiger partial charge in [0.05, 0.1) is 0 Å². The second-order valence-corrected chi connectivity index (χ2v) is 5.91. The minimum atomic E-state index is -0.0441. The Morgan fingerprint density at radius 1 is 1.22 bits per heavy atom. The molecule has 0 amide bonds. The van der Waals surface area contributed by atoms with Gasteiger partial charge >= 0.3 is 0 Å². The lowest BCUT2D eigenvalue weighted by molar-refractivity contribution is 0.226. The van der Waals surface area contributed by atoms with Crippen LogP contribution in [0.4, 0.5) is 5.82 Å². The second kappa shape index (κ2) is 4.41. The van der Waals surface area contributed by atoms with Crippen molar-refractivity contribution >= 4 is 5.82 Å². The average Bonchev–Trinajstić information content (AvgIpc) is 2.80. The van der Waals surface area contributed by atoms with E-state index in [-0.39, 0.29) is 5.56 Å². The summed E-state index contributed by atoms with van der Waals surface area (Å²) in [6.45, 7) is 3.83. The lowest BCUT2D eigenvalue weighted by Gasteiger charge is -2.39. The highest BCUT2D eigenvalue weighted by Gasteiger charge is 2.37. The Morgan fingerprint density at radius 2 is 1.89 bits per heavy atom. The summed E-state index contributed by atoms with van der Waals surface area (Å²) in [6, 6.07) is 0. The van der Waals surface area contributed by atoms with Crippen molar-refractivity contribution in [2.45, 2.75) is 45.4 Å². The highest BCUT2D eigenvalue weighted by Crippen LogP contribution is 2.46. The van der Waals surface area contributed by atoms with E-state index in [2.05, 4.69) is 14.9 Å². The first-order valence-electron chi connectivity index (χ1n) is 6.99. The van der Waals surface area contributed by atoms with Gasteiger partial charge in [-0.1, -0.05) is 12.8 Å². The number of aromatic nitrogens is 2. The third-order valence-corrected chi connectivity index (χ3v) is 4.68. The van der Waals surface area contributed by atoms with Crippen LogP contribution in [0.5, 0.6) is 0 Å². The molecule has 1 aliphatic heterocycles. The van der Waals surface area contributed by atoms with Gasteiger partial charge in [0.1, 0.15) is 0 Å². The van der Waals surface area contributed by atoms with Gasteiger partial charge in [-0.3, -0.25) is 4.79 Å². The molecule has 98 valence electrons. The first kappa shape index (κ1) is 11.8. The van der Waals surface area contributed by atoms with E-state index < -0.39 is 0 Å². The first-order chi connectivity index (χ1) is 8.69. The Bertz CT molecular complexity index is 478. The molecule has 0 radical (unpaired) electrons. The van der Waals surface area contributed by atoms with Crippen LogP contribution in [0, 0.1) is 12.3 Å². The molecule has 0 aromatic carbocycles. The van der Waals surface area contributed by atoms with E-state index in [1.54, 1.807) is 6.20 Å². The minimum absolute atomic E-state index is 0.0441. The fraction of sp³-hybridized carbons (Fsp3) is 0.714. The number of anilines is 1. The van der Waals surface area contributed by atoms with Gasteiger partial charge in [-0.2, -0.15) is 0 Å². The lowest BCUT2D eigenvalue weighted by atomic mass is 9.77. The van der Waals surface area contributed by atoms with Crippen molar-refractivity contribution < 1.29 is 0 Å². The average molecular weight is 247 g/mol. The highest BCUT2D eigenvalue weighted by atomic mass is 16.1. The second-order valence-electron chi connectivity index (χ2n) is 5.91. The molecule has 4 heteroatoms. The maximum Gasteiger partial charge on any atom is 0.291 e. The molecule has 1 aromatic heterocycles. The summed E-state index contributed by atoms with van der Waals surface area (Å²) in [5.74, 6) is 0.605. The third-order valence-electron chi connectivity index (χ3n) is 4.68. The Morgan fingerprint density at radius 3 is 2.50 bits per heavy atom. The molecule has 1 spiro atoms. The summed E-state index contributed by atoms with van der Waals surface area (Å²) >= 11 is 0. The number of aryl methyl sites for hydroxylation is 1. The SMILES string of the molecule is Cc1cnc(N2CCC3(CCCC3)CC2)c(=O)[nH]1. The van der Waals surface area contributed by atoms with Crippen LogP contribution in [-0.2, 0) is 0 Å². The largest absolute Gasteiger partial charge is 0.352 e. The van der Waals surface area contributed by atoms with Crippen molar-refractivity contribution in [3.63, 3.8) is 0 Å². The van der Waals surface area contributed by atoms with Gasteiger partial charge in [0, 0.05) is 25.0 Å². The molecule has 3 rings (SSSR count). The monoisotopic (exact) mass is 247 g/mol. The van der Waals surface area contributed by atoms with E-state index in [4.69, 9.17) is 0 Å². The van der Waals surface area contributed by atoms with E-state index >= 15 is 0 Å². The fourth-order valence-electron chi connectivity index (χ4n) is 3.53. The molecular formula is C14H21N3O. The maximum atomic E-state index is 11.9. The quantitative estimate of drug-likeness (QED) is 0.828. The molecule has 4 nitrogen and oxygen atoms in total. The van der Waals surface area contributed by atoms with Crippen molar-refractivity contribution in [1.29, 1.82) is 0 Å². The van der Waals surface area contributed by atoms with Crippen LogP contribution in [0.25, 0.3) is 0 Å². The van der Waals surface area contributed by atoms with Gasteiger partial charge < -0.3 is 9.88 Å². The van der Waals surface area contributed by atoms with E-state index in [0.717, 1.165) is 18.8 Å². The van der Waals surface area contributed by atoms with Crippen molar-refractivity contribution in [2.24, 2.45) is 5.41 Å². The molecule has 1 N–H and O–H groups in total. The lowest BCUT2D eigenvalue weighted by Crippen LogP contribution is -2.41. The third kappa shape index (κ3) is 2.04. The Kier molecular flexibility index (Phi) is 2.88. The highest BCUT2D eigenvalue weighted by molar-refractivity contribution is 5.36. The summed E-state index contributed by atoms with van der Waals surface area (Å²) in [7, 11) is 0. The van der Waals surface area contributed by atoms with E-state index in [1.165, 1.54) is 38.5 Å². The number of piperidine rings is 1. The van der Waals surface area contributed by atoms with Gasteiger partial charge in [0.2, 0.25) is 0 Å². The fourth-order valence-corrected chi connectivity index (χ4v) is 3.53. The van der Waals surface area contributed by atoms with Crippen LogP contribution in [0.1, 0.15) is 44.2 Å². The molecule has 1 saturated carbocycles. The molecule has 2 aliphatic rings. The molecule has 1 aliphatic carbocycles. The molecule has 2 fully saturated rings. The van der Waals surface area contributed by atoms with Crippen LogP contribution < -0.4 is 10.5 Å². The summed E-state index contributed by atoms with van der Waals surface area (Å²) in [4.78, 5) is 21.2. The van der Waals surface area contributed by atoms with Crippen LogP contribution in [0.2, 0.25) is 0 Å². The summed E-state index contributed by atoms with van der Waals surface area (Å²) < 4.78 is 0. The van der Waals surface area contributed by atoms with Crippen molar-refractivity contribution in [2.75, 3.05) is 18.0 Å². The van der Waals surface area contributed by atoms with Crippen molar-refractivity contribution in [3.8, 4) is 0 Å². The van der Waals surface area contributed by atoms with Gasteiger partial charge in [-0.05, 0) is 38.0 Å². The van der Waals surface area contributed by atoms with Crippen LogP contribution in [0.15, 0.2) is 11.0 Å². The number of hydrogen-bond acceptors (Lipinski definition) is 3. The topological polar surface area (TPSA) is 49.0 Å². The summed E-state index contributed by atoms with van der Waals surface area (Å²) in [5, 5.41) is 0. The van der Waals surface area contributed by atoms with Crippen molar-refractivity contribution in [3.05, 3.63) is 22.2 Å². The number of hydrogen-bond donors (Lipinski definition) is 1. The predicted molar refractivity (Wildman–Crippen MR) is 71.9 cm³/mol. The molecular weight excluding hydrogens is 226 g/mol. The summed E-state index contributed by atoms with van der Waals surface area (Å²) in [5.41, 5.74) is 1.37. The van der Waals surface area contributed by atoms with E-state index in [0.29, 0.717) is 11.2 Å². The zero-order valence-electron chi connectivity index (χ0n) is 11.0. The predicted octanol–water partition coefficient (Wildman–Crippen LogP) is 2.24. The number of H-pyrrole nitrogens is 1. The van der Waals surface area contributed by atoms with Gasteiger partial charge in [-0.15, -0.1) is 0 Å². The summed E-state index contributed by atoms with van der Waals surface area (Å²) in [6.07, 6.45) is 9.75. The normalized spacial score (nSPS) is 22.6. The van der Waals surface area contributed by atoms with Crippen LogP contribution in [-0.4, -0.2) is 23.1 Å². The Hall–Kier alpha value is -1.32. The van der Waals surface area contributed by atoms with E-state index in [1.807, 2.05) is 6.92 Å². The zero-order valence-corrected chi connectivity index (χ0v) is 11.0. The maximum absolute atomic E-state index is 11.9. The van der Waals surface area contributed by atoms with Crippen molar-refractivity contribution in [1.82, 2.24) is 9.97 Å².